The quantitative estimate of drug-likeness (QED) is 0.705. The van der Waals surface area contributed by atoms with Crippen molar-refractivity contribution in [3.05, 3.63) is 27.4 Å². The molecule has 0 saturated heterocycles. The number of nitrogens with one attached hydrogen (secondary N) is 2. The Kier molecular flexibility index (Phi) is 6.73. The van der Waals surface area contributed by atoms with E-state index in [1.165, 1.54) is 0 Å². The van der Waals surface area contributed by atoms with Crippen LogP contribution in [-0.2, 0) is 4.74 Å². The summed E-state index contributed by atoms with van der Waals surface area (Å²) < 4.78 is 5.41. The van der Waals surface area contributed by atoms with Crippen molar-refractivity contribution in [2.75, 3.05) is 19.8 Å². The SMILES string of the molecule is CCCOCCCNC(C)c1c(C)nc(C)[nH]c1=O. The lowest BCUT2D eigenvalue weighted by Crippen LogP contribution is -2.29. The minimum atomic E-state index is -0.0489. The van der Waals surface area contributed by atoms with Gasteiger partial charge in [-0.3, -0.25) is 4.79 Å². The van der Waals surface area contributed by atoms with E-state index in [1.54, 1.807) is 6.92 Å². The summed E-state index contributed by atoms with van der Waals surface area (Å²) in [5.41, 5.74) is 1.47. The van der Waals surface area contributed by atoms with Gasteiger partial charge in [-0.1, -0.05) is 6.92 Å². The lowest BCUT2D eigenvalue weighted by molar-refractivity contribution is 0.132. The second-order valence-electron chi connectivity index (χ2n) is 4.79. The van der Waals surface area contributed by atoms with Crippen LogP contribution < -0.4 is 10.9 Å². The van der Waals surface area contributed by atoms with Gasteiger partial charge in [0, 0.05) is 24.9 Å². The largest absolute Gasteiger partial charge is 0.381 e. The summed E-state index contributed by atoms with van der Waals surface area (Å²) in [4.78, 5) is 19.0. The van der Waals surface area contributed by atoms with Crippen molar-refractivity contribution in [1.82, 2.24) is 15.3 Å². The van der Waals surface area contributed by atoms with Gasteiger partial charge >= 0.3 is 0 Å². The maximum absolute atomic E-state index is 11.9. The molecule has 1 unspecified atom stereocenters. The molecular formula is C14H25N3O2. The Hall–Kier alpha value is -1.20. The number of aryl methyl sites for hydroxylation is 2. The summed E-state index contributed by atoms with van der Waals surface area (Å²) in [5, 5.41) is 3.34. The average molecular weight is 267 g/mol. The molecule has 1 heterocycles. The molecule has 0 aliphatic rings. The van der Waals surface area contributed by atoms with Crippen molar-refractivity contribution in [2.24, 2.45) is 0 Å². The van der Waals surface area contributed by atoms with Gasteiger partial charge in [-0.2, -0.15) is 0 Å². The molecule has 19 heavy (non-hydrogen) atoms. The van der Waals surface area contributed by atoms with Gasteiger partial charge in [-0.15, -0.1) is 0 Å². The number of aromatic nitrogens is 2. The molecule has 1 atom stereocenters. The van der Waals surface area contributed by atoms with Crippen molar-refractivity contribution in [3.63, 3.8) is 0 Å². The zero-order chi connectivity index (χ0) is 14.3. The van der Waals surface area contributed by atoms with Crippen molar-refractivity contribution in [2.45, 2.75) is 46.6 Å². The number of H-pyrrole nitrogens is 1. The van der Waals surface area contributed by atoms with Crippen LogP contribution in [-0.4, -0.2) is 29.7 Å². The second kappa shape index (κ2) is 8.07. The topological polar surface area (TPSA) is 67.0 Å². The van der Waals surface area contributed by atoms with Gasteiger partial charge < -0.3 is 15.0 Å². The first-order valence-electron chi connectivity index (χ1n) is 6.94. The highest BCUT2D eigenvalue weighted by molar-refractivity contribution is 5.19. The Morgan fingerprint density at radius 1 is 1.37 bits per heavy atom. The van der Waals surface area contributed by atoms with Gasteiger partial charge in [0.15, 0.2) is 0 Å². The van der Waals surface area contributed by atoms with E-state index in [2.05, 4.69) is 22.2 Å². The molecule has 108 valence electrons. The number of rotatable bonds is 8. The van der Waals surface area contributed by atoms with Crippen LogP contribution in [0.15, 0.2) is 4.79 Å². The fraction of sp³-hybridized carbons (Fsp3) is 0.714. The van der Waals surface area contributed by atoms with Crippen LogP contribution in [0.4, 0.5) is 0 Å². The Bertz CT molecular complexity index is 443. The van der Waals surface area contributed by atoms with Gasteiger partial charge in [-0.25, -0.2) is 4.98 Å². The maximum atomic E-state index is 11.9. The molecule has 0 spiro atoms. The van der Waals surface area contributed by atoms with Crippen LogP contribution in [0.1, 0.15) is 49.8 Å². The average Bonchev–Trinajstić information content (AvgIpc) is 2.32. The van der Waals surface area contributed by atoms with Crippen LogP contribution in [0, 0.1) is 13.8 Å². The monoisotopic (exact) mass is 267 g/mol. The molecule has 0 bridgehead atoms. The third kappa shape index (κ3) is 5.12. The van der Waals surface area contributed by atoms with E-state index in [1.807, 2.05) is 13.8 Å². The Morgan fingerprint density at radius 3 is 2.74 bits per heavy atom. The first kappa shape index (κ1) is 15.9. The molecule has 2 N–H and O–H groups in total. The van der Waals surface area contributed by atoms with E-state index in [0.29, 0.717) is 5.82 Å². The first-order chi connectivity index (χ1) is 9.06. The maximum Gasteiger partial charge on any atom is 0.255 e. The molecule has 1 aromatic rings. The normalized spacial score (nSPS) is 12.6. The summed E-state index contributed by atoms with van der Waals surface area (Å²) in [6.07, 6.45) is 1.99. The molecular weight excluding hydrogens is 242 g/mol. The summed E-state index contributed by atoms with van der Waals surface area (Å²) in [5.74, 6) is 0.659. The number of hydrogen-bond donors (Lipinski definition) is 2. The Labute approximate surface area is 114 Å². The van der Waals surface area contributed by atoms with Crippen LogP contribution >= 0.6 is 0 Å². The van der Waals surface area contributed by atoms with E-state index >= 15 is 0 Å². The van der Waals surface area contributed by atoms with E-state index in [4.69, 9.17) is 4.74 Å². The van der Waals surface area contributed by atoms with Crippen LogP contribution in [0.5, 0.6) is 0 Å². The van der Waals surface area contributed by atoms with Crippen molar-refractivity contribution >= 4 is 0 Å². The van der Waals surface area contributed by atoms with E-state index in [0.717, 1.165) is 43.9 Å². The van der Waals surface area contributed by atoms with Gasteiger partial charge in [-0.05, 0) is 40.2 Å². The first-order valence-corrected chi connectivity index (χ1v) is 6.94. The summed E-state index contributed by atoms with van der Waals surface area (Å²) in [7, 11) is 0. The van der Waals surface area contributed by atoms with Crippen LogP contribution in [0.25, 0.3) is 0 Å². The van der Waals surface area contributed by atoms with Crippen molar-refractivity contribution in [3.8, 4) is 0 Å². The molecule has 5 heteroatoms. The molecule has 0 aromatic carbocycles. The second-order valence-corrected chi connectivity index (χ2v) is 4.79. The molecule has 1 aromatic heterocycles. The zero-order valence-corrected chi connectivity index (χ0v) is 12.4. The number of aromatic amines is 1. The van der Waals surface area contributed by atoms with Gasteiger partial charge in [0.2, 0.25) is 0 Å². The van der Waals surface area contributed by atoms with Gasteiger partial charge in [0.05, 0.1) is 5.56 Å². The van der Waals surface area contributed by atoms with E-state index < -0.39 is 0 Å². The lowest BCUT2D eigenvalue weighted by Gasteiger charge is -2.15. The predicted octanol–water partition coefficient (Wildman–Crippen LogP) is 1.85. The van der Waals surface area contributed by atoms with Crippen molar-refractivity contribution < 1.29 is 4.74 Å². The molecule has 0 radical (unpaired) electrons. The highest BCUT2D eigenvalue weighted by Crippen LogP contribution is 2.10. The van der Waals surface area contributed by atoms with Crippen LogP contribution in [0.3, 0.4) is 0 Å². The number of ether oxygens (including phenoxy) is 1. The fourth-order valence-electron chi connectivity index (χ4n) is 2.09. The third-order valence-electron chi connectivity index (χ3n) is 2.96. The van der Waals surface area contributed by atoms with Gasteiger partial charge in [0.25, 0.3) is 5.56 Å². The van der Waals surface area contributed by atoms with Crippen LogP contribution in [0.2, 0.25) is 0 Å². The molecule has 1 rings (SSSR count). The minimum absolute atomic E-state index is 0.00280. The lowest BCUT2D eigenvalue weighted by atomic mass is 10.1. The summed E-state index contributed by atoms with van der Waals surface area (Å²) in [6.45, 7) is 10.2. The number of hydrogen-bond acceptors (Lipinski definition) is 4. The third-order valence-corrected chi connectivity index (χ3v) is 2.96. The van der Waals surface area contributed by atoms with Crippen molar-refractivity contribution in [1.29, 1.82) is 0 Å². The van der Waals surface area contributed by atoms with E-state index in [-0.39, 0.29) is 11.6 Å². The fourth-order valence-corrected chi connectivity index (χ4v) is 2.09. The highest BCUT2D eigenvalue weighted by atomic mass is 16.5. The number of nitrogens with zero attached hydrogens (tertiary/aromatic N) is 1. The molecule has 0 amide bonds. The predicted molar refractivity (Wildman–Crippen MR) is 76.5 cm³/mol. The molecule has 5 nitrogen and oxygen atoms in total. The molecule has 0 fully saturated rings. The summed E-state index contributed by atoms with van der Waals surface area (Å²) >= 11 is 0. The standard InChI is InChI=1S/C14H25N3O2/c1-5-8-19-9-6-7-15-10(2)13-11(3)16-12(4)17-14(13)18/h10,15H,5-9H2,1-4H3,(H,16,17,18). The molecule has 0 aliphatic heterocycles. The summed E-state index contributed by atoms with van der Waals surface area (Å²) in [6, 6.07) is 0.00280. The molecule has 0 aliphatic carbocycles. The minimum Gasteiger partial charge on any atom is -0.381 e. The van der Waals surface area contributed by atoms with Gasteiger partial charge in [0.1, 0.15) is 5.82 Å². The smallest absolute Gasteiger partial charge is 0.255 e. The molecule has 0 saturated carbocycles. The Balaban J connectivity index is 2.46. The zero-order valence-electron chi connectivity index (χ0n) is 12.4. The highest BCUT2D eigenvalue weighted by Gasteiger charge is 2.13. The Morgan fingerprint density at radius 2 is 2.11 bits per heavy atom. The van der Waals surface area contributed by atoms with E-state index in [9.17, 15) is 4.79 Å².